The van der Waals surface area contributed by atoms with Crippen LogP contribution in [0.1, 0.15) is 22.8 Å². The van der Waals surface area contributed by atoms with E-state index in [0.717, 1.165) is 11.1 Å². The molecule has 0 bridgehead atoms. The first-order chi connectivity index (χ1) is 9.65. The van der Waals surface area contributed by atoms with Gasteiger partial charge in [0.1, 0.15) is 5.25 Å². The van der Waals surface area contributed by atoms with Crippen molar-refractivity contribution in [3.63, 3.8) is 0 Å². The Hall–Kier alpha value is -1.65. The molecule has 0 spiro atoms. The van der Waals surface area contributed by atoms with E-state index in [2.05, 4.69) is 0 Å². The Morgan fingerprint density at radius 1 is 0.850 bits per heavy atom. The summed E-state index contributed by atoms with van der Waals surface area (Å²) >= 11 is 0. The number of rotatable bonds is 6. The van der Waals surface area contributed by atoms with Crippen LogP contribution in [0.15, 0.2) is 60.7 Å². The Balaban J connectivity index is 2.46. The molecule has 0 aliphatic rings. The van der Waals surface area contributed by atoms with E-state index in [0.29, 0.717) is 13.0 Å². The van der Waals surface area contributed by atoms with Gasteiger partial charge in [0.25, 0.3) is 0 Å². The molecule has 2 aromatic carbocycles. The van der Waals surface area contributed by atoms with Gasteiger partial charge in [-0.2, -0.15) is 0 Å². The predicted molar refractivity (Wildman–Crippen MR) is 82.2 cm³/mol. The van der Waals surface area contributed by atoms with Gasteiger partial charge in [-0.1, -0.05) is 60.7 Å². The molecule has 0 fully saturated rings. The van der Waals surface area contributed by atoms with Crippen molar-refractivity contribution in [2.45, 2.75) is 11.7 Å². The molecule has 0 saturated carbocycles. The summed E-state index contributed by atoms with van der Waals surface area (Å²) in [5.74, 6) is 0.109. The van der Waals surface area contributed by atoms with Crippen molar-refractivity contribution in [2.24, 2.45) is 5.73 Å². The van der Waals surface area contributed by atoms with Gasteiger partial charge in [0, 0.05) is 0 Å². The molecule has 0 amide bonds. The zero-order valence-electron chi connectivity index (χ0n) is 11.3. The van der Waals surface area contributed by atoms with Crippen LogP contribution in [-0.4, -0.2) is 20.7 Å². The minimum absolute atomic E-state index is 0.109. The summed E-state index contributed by atoms with van der Waals surface area (Å²) < 4.78 is 25.3. The van der Waals surface area contributed by atoms with Crippen LogP contribution >= 0.6 is 0 Å². The van der Waals surface area contributed by atoms with Gasteiger partial charge in [0.15, 0.2) is 9.84 Å². The summed E-state index contributed by atoms with van der Waals surface area (Å²) in [6.07, 6.45) is 0.485. The molecule has 2 aromatic rings. The Morgan fingerprint density at radius 2 is 1.30 bits per heavy atom. The van der Waals surface area contributed by atoms with Crippen molar-refractivity contribution >= 4 is 9.84 Å². The number of benzene rings is 2. The summed E-state index contributed by atoms with van der Waals surface area (Å²) in [6.45, 7) is 0.384. The highest BCUT2D eigenvalue weighted by Gasteiger charge is 2.28. The molecule has 0 aliphatic carbocycles. The van der Waals surface area contributed by atoms with Gasteiger partial charge < -0.3 is 5.73 Å². The van der Waals surface area contributed by atoms with Gasteiger partial charge in [-0.25, -0.2) is 8.42 Å². The van der Waals surface area contributed by atoms with Crippen molar-refractivity contribution in [3.8, 4) is 0 Å². The molecule has 0 atom stereocenters. The monoisotopic (exact) mass is 289 g/mol. The molecule has 0 radical (unpaired) electrons. The van der Waals surface area contributed by atoms with E-state index in [9.17, 15) is 8.42 Å². The normalized spacial score (nSPS) is 11.7. The van der Waals surface area contributed by atoms with Gasteiger partial charge in [-0.05, 0) is 24.1 Å². The van der Waals surface area contributed by atoms with Crippen molar-refractivity contribution in [2.75, 3.05) is 12.3 Å². The fourth-order valence-electron chi connectivity index (χ4n) is 2.27. The third-order valence-electron chi connectivity index (χ3n) is 3.20. The van der Waals surface area contributed by atoms with Gasteiger partial charge in [0.2, 0.25) is 0 Å². The largest absolute Gasteiger partial charge is 0.330 e. The Bertz CT molecular complexity index is 585. The van der Waals surface area contributed by atoms with Crippen LogP contribution < -0.4 is 5.73 Å². The fraction of sp³-hybridized carbons (Fsp3) is 0.250. The van der Waals surface area contributed by atoms with Gasteiger partial charge in [-0.15, -0.1) is 0 Å². The summed E-state index contributed by atoms with van der Waals surface area (Å²) in [5, 5.41) is -0.614. The first-order valence-corrected chi connectivity index (χ1v) is 8.38. The lowest BCUT2D eigenvalue weighted by Gasteiger charge is -2.18. The van der Waals surface area contributed by atoms with Crippen LogP contribution in [0.2, 0.25) is 0 Å². The molecule has 3 nitrogen and oxygen atoms in total. The van der Waals surface area contributed by atoms with Crippen LogP contribution in [0.3, 0.4) is 0 Å². The van der Waals surface area contributed by atoms with Gasteiger partial charge in [0.05, 0.1) is 5.75 Å². The van der Waals surface area contributed by atoms with Crippen molar-refractivity contribution < 1.29 is 8.42 Å². The summed E-state index contributed by atoms with van der Waals surface area (Å²) in [6, 6.07) is 18.7. The third kappa shape index (κ3) is 3.46. The second kappa shape index (κ2) is 6.68. The second-order valence-electron chi connectivity index (χ2n) is 4.71. The van der Waals surface area contributed by atoms with Crippen molar-refractivity contribution in [3.05, 3.63) is 71.8 Å². The topological polar surface area (TPSA) is 60.2 Å². The number of hydrogen-bond donors (Lipinski definition) is 1. The Labute approximate surface area is 120 Å². The van der Waals surface area contributed by atoms with Crippen LogP contribution in [0.25, 0.3) is 0 Å². The molecule has 0 unspecified atom stereocenters. The molecule has 0 heterocycles. The van der Waals surface area contributed by atoms with E-state index in [-0.39, 0.29) is 5.75 Å². The van der Waals surface area contributed by atoms with Gasteiger partial charge >= 0.3 is 0 Å². The first-order valence-electron chi connectivity index (χ1n) is 6.66. The average molecular weight is 289 g/mol. The molecule has 2 N–H and O–H groups in total. The first kappa shape index (κ1) is 14.8. The van der Waals surface area contributed by atoms with Gasteiger partial charge in [-0.3, -0.25) is 0 Å². The quantitative estimate of drug-likeness (QED) is 0.889. The lowest BCUT2D eigenvalue weighted by molar-refractivity contribution is 0.586. The molecule has 20 heavy (non-hydrogen) atoms. The van der Waals surface area contributed by atoms with Crippen LogP contribution in [-0.2, 0) is 9.84 Å². The zero-order valence-corrected chi connectivity index (χ0v) is 12.1. The lowest BCUT2D eigenvalue weighted by Crippen LogP contribution is -2.20. The minimum Gasteiger partial charge on any atom is -0.330 e. The van der Waals surface area contributed by atoms with E-state index in [1.807, 2.05) is 60.7 Å². The maximum Gasteiger partial charge on any atom is 0.161 e. The molecule has 2 rings (SSSR count). The Morgan fingerprint density at radius 3 is 1.70 bits per heavy atom. The molecule has 106 valence electrons. The molecule has 4 heteroatoms. The van der Waals surface area contributed by atoms with E-state index in [1.54, 1.807) is 0 Å². The highest BCUT2D eigenvalue weighted by Crippen LogP contribution is 2.30. The molecule has 0 aromatic heterocycles. The molecular formula is C16H19NO2S. The van der Waals surface area contributed by atoms with E-state index < -0.39 is 15.1 Å². The SMILES string of the molecule is NCCCS(=O)(=O)C(c1ccccc1)c1ccccc1. The van der Waals surface area contributed by atoms with E-state index in [4.69, 9.17) is 5.73 Å². The van der Waals surface area contributed by atoms with Crippen LogP contribution in [0.5, 0.6) is 0 Å². The number of nitrogens with two attached hydrogens (primary N) is 1. The summed E-state index contributed by atoms with van der Waals surface area (Å²) in [5.41, 5.74) is 7.05. The Kier molecular flexibility index (Phi) is 4.93. The fourth-order valence-corrected chi connectivity index (χ4v) is 4.21. The third-order valence-corrected chi connectivity index (χ3v) is 5.32. The van der Waals surface area contributed by atoms with E-state index in [1.165, 1.54) is 0 Å². The average Bonchev–Trinajstić information content (AvgIpc) is 2.47. The second-order valence-corrected chi connectivity index (χ2v) is 6.92. The standard InChI is InChI=1S/C16H19NO2S/c17-12-7-13-20(18,19)16(14-8-3-1-4-9-14)15-10-5-2-6-11-15/h1-6,8-11,16H,7,12-13,17H2. The minimum atomic E-state index is -3.27. The smallest absolute Gasteiger partial charge is 0.161 e. The summed E-state index contributed by atoms with van der Waals surface area (Å²) in [7, 11) is -3.27. The van der Waals surface area contributed by atoms with Crippen molar-refractivity contribution in [1.29, 1.82) is 0 Å². The van der Waals surface area contributed by atoms with Crippen LogP contribution in [0.4, 0.5) is 0 Å². The maximum absolute atomic E-state index is 12.6. The van der Waals surface area contributed by atoms with Crippen LogP contribution in [0, 0.1) is 0 Å². The highest BCUT2D eigenvalue weighted by atomic mass is 32.2. The number of sulfone groups is 1. The van der Waals surface area contributed by atoms with Crippen molar-refractivity contribution in [1.82, 2.24) is 0 Å². The summed E-state index contributed by atoms with van der Waals surface area (Å²) in [4.78, 5) is 0. The molecular weight excluding hydrogens is 270 g/mol. The molecule has 0 saturated heterocycles. The predicted octanol–water partition coefficient (Wildman–Crippen LogP) is 2.54. The lowest BCUT2D eigenvalue weighted by atomic mass is 10.0. The number of hydrogen-bond acceptors (Lipinski definition) is 3. The van der Waals surface area contributed by atoms with E-state index >= 15 is 0 Å². The molecule has 0 aliphatic heterocycles. The zero-order chi connectivity index (χ0) is 14.4. The maximum atomic E-state index is 12.6. The highest BCUT2D eigenvalue weighted by molar-refractivity contribution is 7.91.